The van der Waals surface area contributed by atoms with Gasteiger partial charge in [0.05, 0.1) is 6.07 Å². The molecule has 0 aromatic rings. The minimum absolute atomic E-state index is 1.00. The average Bonchev–Trinajstić information content (AvgIpc) is 2.35. The minimum Gasteiger partial charge on any atom is -0.381 e. The number of nitriles is 1. The van der Waals surface area contributed by atoms with E-state index in [9.17, 15) is 0 Å². The lowest BCUT2D eigenvalue weighted by Gasteiger charge is -2.08. The number of rotatable bonds is 0. The molecule has 2 rings (SSSR count). The molecule has 0 atom stereocenters. The van der Waals surface area contributed by atoms with Gasteiger partial charge in [-0.25, -0.2) is 0 Å². The highest BCUT2D eigenvalue weighted by atomic mass is 16.5. The van der Waals surface area contributed by atoms with Gasteiger partial charge in [-0.15, -0.1) is 0 Å². The molecule has 0 aromatic carbocycles. The lowest BCUT2D eigenvalue weighted by molar-refractivity contribution is 0.0967. The first-order valence-corrected chi connectivity index (χ1v) is 5.88. The highest BCUT2D eigenvalue weighted by Crippen LogP contribution is 2.02. The third-order valence-corrected chi connectivity index (χ3v) is 2.15. The van der Waals surface area contributed by atoms with Crippen LogP contribution in [-0.2, 0) is 9.47 Å². The van der Waals surface area contributed by atoms with Gasteiger partial charge < -0.3 is 9.47 Å². The minimum atomic E-state index is 1.00. The van der Waals surface area contributed by atoms with Crippen LogP contribution in [0.3, 0.4) is 0 Å². The second-order valence-corrected chi connectivity index (χ2v) is 3.57. The van der Waals surface area contributed by atoms with Crippen LogP contribution in [0.5, 0.6) is 0 Å². The van der Waals surface area contributed by atoms with Gasteiger partial charge in [-0.3, -0.25) is 0 Å². The third-order valence-electron chi connectivity index (χ3n) is 2.15. The molecule has 15 heavy (non-hydrogen) atoms. The summed E-state index contributed by atoms with van der Waals surface area (Å²) in [5.41, 5.74) is 0. The van der Waals surface area contributed by atoms with E-state index in [0.717, 1.165) is 26.4 Å². The molecule has 0 bridgehead atoms. The molecular weight excluding hydrogens is 190 g/mol. The van der Waals surface area contributed by atoms with Gasteiger partial charge in [0.2, 0.25) is 0 Å². The summed E-state index contributed by atoms with van der Waals surface area (Å²) in [5, 5.41) is 7.32. The second-order valence-electron chi connectivity index (χ2n) is 3.57. The third kappa shape index (κ3) is 13.4. The molecule has 0 spiro atoms. The van der Waals surface area contributed by atoms with Crippen molar-refractivity contribution in [3.05, 3.63) is 0 Å². The molecule has 0 saturated carbocycles. The molecule has 2 saturated heterocycles. The van der Waals surface area contributed by atoms with E-state index in [4.69, 9.17) is 14.7 Å². The van der Waals surface area contributed by atoms with Crippen LogP contribution in [0.4, 0.5) is 0 Å². The summed E-state index contributed by atoms with van der Waals surface area (Å²) in [6.45, 7) is 5.43. The maximum atomic E-state index is 7.32. The average molecular weight is 213 g/mol. The van der Waals surface area contributed by atoms with Crippen molar-refractivity contribution in [1.82, 2.24) is 0 Å². The summed E-state index contributed by atoms with van der Waals surface area (Å²) < 4.78 is 10.1. The zero-order chi connectivity index (χ0) is 11.2. The van der Waals surface area contributed by atoms with Gasteiger partial charge in [0.25, 0.3) is 0 Å². The van der Waals surface area contributed by atoms with Crippen LogP contribution in [0.1, 0.15) is 45.4 Å². The molecule has 0 unspecified atom stereocenters. The summed E-state index contributed by atoms with van der Waals surface area (Å²) in [6.07, 6.45) is 7.86. The van der Waals surface area contributed by atoms with Crippen molar-refractivity contribution in [3.63, 3.8) is 0 Å². The maximum Gasteiger partial charge on any atom is 0.0587 e. The molecule has 2 fully saturated rings. The van der Waals surface area contributed by atoms with Crippen LogP contribution < -0.4 is 0 Å². The largest absolute Gasteiger partial charge is 0.381 e. The van der Waals surface area contributed by atoms with Gasteiger partial charge in [-0.2, -0.15) is 5.26 Å². The van der Waals surface area contributed by atoms with E-state index in [1.807, 2.05) is 0 Å². The van der Waals surface area contributed by atoms with E-state index in [1.54, 1.807) is 6.07 Å². The summed E-state index contributed by atoms with van der Waals surface area (Å²) in [7, 11) is 0. The van der Waals surface area contributed by atoms with E-state index in [-0.39, 0.29) is 0 Å². The summed E-state index contributed by atoms with van der Waals surface area (Å²) in [6, 6.07) is 1.75. The molecule has 88 valence electrons. The van der Waals surface area contributed by atoms with E-state index in [1.165, 1.54) is 45.4 Å². The van der Waals surface area contributed by atoms with Gasteiger partial charge in [-0.05, 0) is 38.5 Å². The molecule has 3 nitrogen and oxygen atoms in total. The molecule has 2 aliphatic heterocycles. The van der Waals surface area contributed by atoms with E-state index >= 15 is 0 Å². The highest BCUT2D eigenvalue weighted by molar-refractivity contribution is 4.51. The Morgan fingerprint density at radius 1 is 0.733 bits per heavy atom. The molecule has 0 aliphatic carbocycles. The van der Waals surface area contributed by atoms with E-state index < -0.39 is 0 Å². The topological polar surface area (TPSA) is 42.2 Å². The van der Waals surface area contributed by atoms with Gasteiger partial charge in [0.1, 0.15) is 0 Å². The SMILES string of the molecule is C1CCOCC1.C1CCOCC1.CC#N. The van der Waals surface area contributed by atoms with Crippen molar-refractivity contribution in [3.8, 4) is 6.07 Å². The normalized spacial score (nSPS) is 19.7. The number of ether oxygens (including phenoxy) is 2. The highest BCUT2D eigenvalue weighted by Gasteiger charge is 1.95. The Kier molecular flexibility index (Phi) is 12.9. The van der Waals surface area contributed by atoms with Crippen LogP contribution in [-0.4, -0.2) is 26.4 Å². The summed E-state index contributed by atoms with van der Waals surface area (Å²) in [5.74, 6) is 0. The lowest BCUT2D eigenvalue weighted by Crippen LogP contribution is -2.03. The molecule has 0 amide bonds. The fourth-order valence-corrected chi connectivity index (χ4v) is 1.37. The van der Waals surface area contributed by atoms with E-state index in [0.29, 0.717) is 0 Å². The van der Waals surface area contributed by atoms with Crippen LogP contribution in [0.15, 0.2) is 0 Å². The van der Waals surface area contributed by atoms with Crippen LogP contribution in [0, 0.1) is 11.3 Å². The zero-order valence-corrected chi connectivity index (χ0v) is 9.83. The fourth-order valence-electron chi connectivity index (χ4n) is 1.37. The first-order chi connectivity index (χ1) is 7.41. The van der Waals surface area contributed by atoms with Gasteiger partial charge in [0, 0.05) is 33.4 Å². The van der Waals surface area contributed by atoms with Gasteiger partial charge >= 0.3 is 0 Å². The molecule has 0 aromatic heterocycles. The standard InChI is InChI=1S/2C5H10O.C2H3N/c2*1-2-4-6-5-3-1;1-2-3/h2*1-5H2;1H3. The summed E-state index contributed by atoms with van der Waals surface area (Å²) >= 11 is 0. The first kappa shape index (κ1) is 14.4. The Hall–Kier alpha value is -0.590. The smallest absolute Gasteiger partial charge is 0.0587 e. The van der Waals surface area contributed by atoms with Gasteiger partial charge in [-0.1, -0.05) is 0 Å². The molecule has 0 N–H and O–H groups in total. The molecule has 2 aliphatic rings. The Morgan fingerprint density at radius 2 is 1.00 bits per heavy atom. The van der Waals surface area contributed by atoms with Gasteiger partial charge in [0.15, 0.2) is 0 Å². The van der Waals surface area contributed by atoms with Crippen molar-refractivity contribution in [2.75, 3.05) is 26.4 Å². The number of hydrogen-bond donors (Lipinski definition) is 0. The predicted octanol–water partition coefficient (Wildman–Crippen LogP) is 2.90. The quantitative estimate of drug-likeness (QED) is 0.621. The van der Waals surface area contributed by atoms with Crippen LogP contribution >= 0.6 is 0 Å². The van der Waals surface area contributed by atoms with Crippen molar-refractivity contribution >= 4 is 0 Å². The van der Waals surface area contributed by atoms with Crippen molar-refractivity contribution < 1.29 is 9.47 Å². The Morgan fingerprint density at radius 3 is 1.07 bits per heavy atom. The van der Waals surface area contributed by atoms with Crippen LogP contribution in [0.25, 0.3) is 0 Å². The predicted molar refractivity (Wildman–Crippen MR) is 60.6 cm³/mol. The van der Waals surface area contributed by atoms with Crippen LogP contribution in [0.2, 0.25) is 0 Å². The number of nitrogens with zero attached hydrogens (tertiary/aromatic N) is 1. The van der Waals surface area contributed by atoms with E-state index in [2.05, 4.69) is 0 Å². The zero-order valence-electron chi connectivity index (χ0n) is 9.83. The summed E-state index contributed by atoms with van der Waals surface area (Å²) in [4.78, 5) is 0. The molecular formula is C12H23NO2. The Bertz CT molecular complexity index is 111. The molecule has 3 heteroatoms. The molecule has 2 heterocycles. The van der Waals surface area contributed by atoms with Crippen molar-refractivity contribution in [1.29, 1.82) is 5.26 Å². The van der Waals surface area contributed by atoms with Crippen molar-refractivity contribution in [2.45, 2.75) is 45.4 Å². The first-order valence-electron chi connectivity index (χ1n) is 5.88. The Labute approximate surface area is 93.4 Å². The maximum absolute atomic E-state index is 7.32. The fraction of sp³-hybridized carbons (Fsp3) is 0.917. The van der Waals surface area contributed by atoms with Crippen molar-refractivity contribution in [2.24, 2.45) is 0 Å². The second kappa shape index (κ2) is 13.4. The number of hydrogen-bond acceptors (Lipinski definition) is 3. The monoisotopic (exact) mass is 213 g/mol. The molecule has 0 radical (unpaired) electrons. The lowest BCUT2D eigenvalue weighted by atomic mass is 10.2. The Balaban J connectivity index is 0.000000210.